The Bertz CT molecular complexity index is 1210. The van der Waals surface area contributed by atoms with Crippen LogP contribution in [-0.2, 0) is 6.54 Å². The standard InChI is InChI=1S/C20H18F3N5O2/c1-11-5-14(9-24-8-11)28-19(29)26-18(25-13-3-2-4-13)27(20(28)30)10-12-6-15(21)17(23)16(22)7-12/h5-9,13H,2-4,10H2,1H3,(H,25,26,29). The van der Waals surface area contributed by atoms with Gasteiger partial charge in [-0.25, -0.2) is 27.3 Å². The van der Waals surface area contributed by atoms with Crippen molar-refractivity contribution in [3.8, 4) is 5.69 Å². The molecule has 1 fully saturated rings. The van der Waals surface area contributed by atoms with Gasteiger partial charge in [0.15, 0.2) is 17.5 Å². The minimum Gasteiger partial charge on any atom is -0.353 e. The predicted molar refractivity (Wildman–Crippen MR) is 103 cm³/mol. The second kappa shape index (κ2) is 7.77. The van der Waals surface area contributed by atoms with Crippen molar-refractivity contribution in [2.75, 3.05) is 5.32 Å². The Morgan fingerprint density at radius 1 is 1.10 bits per heavy atom. The lowest BCUT2D eigenvalue weighted by Crippen LogP contribution is -2.43. The molecule has 0 spiro atoms. The molecular weight excluding hydrogens is 399 g/mol. The van der Waals surface area contributed by atoms with Crippen LogP contribution in [0.1, 0.15) is 30.4 Å². The number of rotatable bonds is 5. The highest BCUT2D eigenvalue weighted by molar-refractivity contribution is 5.34. The molecule has 0 bridgehead atoms. The molecule has 156 valence electrons. The number of aromatic nitrogens is 4. The van der Waals surface area contributed by atoms with Crippen LogP contribution in [0.4, 0.5) is 19.1 Å². The number of halogens is 3. The van der Waals surface area contributed by atoms with Gasteiger partial charge in [0.1, 0.15) is 0 Å². The van der Waals surface area contributed by atoms with Crippen LogP contribution in [-0.4, -0.2) is 25.1 Å². The van der Waals surface area contributed by atoms with Crippen molar-refractivity contribution in [3.63, 3.8) is 0 Å². The number of hydrogen-bond donors (Lipinski definition) is 1. The molecule has 1 saturated carbocycles. The number of nitrogens with zero attached hydrogens (tertiary/aromatic N) is 4. The molecule has 4 rings (SSSR count). The van der Waals surface area contributed by atoms with E-state index in [1.807, 2.05) is 0 Å². The summed E-state index contributed by atoms with van der Waals surface area (Å²) in [4.78, 5) is 33.8. The lowest BCUT2D eigenvalue weighted by molar-refractivity contribution is 0.437. The summed E-state index contributed by atoms with van der Waals surface area (Å²) in [6, 6.07) is 3.25. The van der Waals surface area contributed by atoms with Crippen LogP contribution in [0.25, 0.3) is 5.69 Å². The second-order valence-electron chi connectivity index (χ2n) is 7.29. The van der Waals surface area contributed by atoms with Gasteiger partial charge in [-0.2, -0.15) is 4.98 Å². The summed E-state index contributed by atoms with van der Waals surface area (Å²) in [5.41, 5.74) is -0.599. The number of anilines is 1. The summed E-state index contributed by atoms with van der Waals surface area (Å²) in [7, 11) is 0. The van der Waals surface area contributed by atoms with Crippen LogP contribution in [0.15, 0.2) is 40.2 Å². The average molecular weight is 417 g/mol. The first kappa shape index (κ1) is 19.9. The first-order valence-corrected chi connectivity index (χ1v) is 9.39. The van der Waals surface area contributed by atoms with Gasteiger partial charge in [0.2, 0.25) is 5.95 Å². The molecule has 1 aliphatic carbocycles. The van der Waals surface area contributed by atoms with E-state index in [1.165, 1.54) is 6.20 Å². The smallest absolute Gasteiger partial charge is 0.353 e. The lowest BCUT2D eigenvalue weighted by atomic mass is 9.93. The highest BCUT2D eigenvalue weighted by Gasteiger charge is 2.22. The van der Waals surface area contributed by atoms with Crippen molar-refractivity contribution in [2.45, 2.75) is 38.8 Å². The molecule has 7 nitrogen and oxygen atoms in total. The van der Waals surface area contributed by atoms with E-state index in [4.69, 9.17) is 0 Å². The Labute approximate surface area is 168 Å². The van der Waals surface area contributed by atoms with Crippen molar-refractivity contribution in [1.29, 1.82) is 0 Å². The van der Waals surface area contributed by atoms with E-state index >= 15 is 0 Å². The summed E-state index contributed by atoms with van der Waals surface area (Å²) >= 11 is 0. The van der Waals surface area contributed by atoms with Crippen molar-refractivity contribution < 1.29 is 13.2 Å². The maximum atomic E-state index is 13.7. The molecular formula is C20H18F3N5O2. The molecule has 2 heterocycles. The van der Waals surface area contributed by atoms with Gasteiger partial charge in [-0.15, -0.1) is 0 Å². The van der Waals surface area contributed by atoms with Crippen LogP contribution in [0.2, 0.25) is 0 Å². The fourth-order valence-corrected chi connectivity index (χ4v) is 3.25. The molecule has 0 atom stereocenters. The minimum absolute atomic E-state index is 0.00305. The second-order valence-corrected chi connectivity index (χ2v) is 7.29. The quantitative estimate of drug-likeness (QED) is 0.646. The van der Waals surface area contributed by atoms with Crippen LogP contribution in [0.3, 0.4) is 0 Å². The zero-order valence-corrected chi connectivity index (χ0v) is 16.0. The van der Waals surface area contributed by atoms with Gasteiger partial charge in [0.05, 0.1) is 18.4 Å². The van der Waals surface area contributed by atoms with E-state index in [9.17, 15) is 22.8 Å². The molecule has 3 aromatic rings. The lowest BCUT2D eigenvalue weighted by Gasteiger charge is -2.28. The summed E-state index contributed by atoms with van der Waals surface area (Å²) in [5, 5.41) is 3.04. The Morgan fingerprint density at radius 2 is 1.80 bits per heavy atom. The highest BCUT2D eigenvalue weighted by atomic mass is 19.2. The van der Waals surface area contributed by atoms with Crippen LogP contribution >= 0.6 is 0 Å². The molecule has 0 aliphatic heterocycles. The van der Waals surface area contributed by atoms with E-state index in [2.05, 4.69) is 15.3 Å². The van der Waals surface area contributed by atoms with Crippen molar-refractivity contribution in [2.24, 2.45) is 0 Å². The molecule has 0 saturated heterocycles. The van der Waals surface area contributed by atoms with E-state index in [1.54, 1.807) is 19.2 Å². The highest BCUT2D eigenvalue weighted by Crippen LogP contribution is 2.22. The fraction of sp³-hybridized carbons (Fsp3) is 0.300. The summed E-state index contributed by atoms with van der Waals surface area (Å²) < 4.78 is 42.6. The number of aryl methyl sites for hydroxylation is 1. The molecule has 2 aromatic heterocycles. The largest absolute Gasteiger partial charge is 0.359 e. The van der Waals surface area contributed by atoms with Crippen LogP contribution in [0, 0.1) is 24.4 Å². The first-order valence-electron chi connectivity index (χ1n) is 9.39. The molecule has 10 heteroatoms. The Balaban J connectivity index is 1.86. The van der Waals surface area contributed by atoms with E-state index in [-0.39, 0.29) is 29.8 Å². The van der Waals surface area contributed by atoms with Gasteiger partial charge in [-0.1, -0.05) is 0 Å². The third-order valence-electron chi connectivity index (χ3n) is 5.01. The molecule has 1 N–H and O–H groups in total. The number of nitrogens with one attached hydrogen (secondary N) is 1. The third kappa shape index (κ3) is 3.72. The summed E-state index contributed by atoms with van der Waals surface area (Å²) in [6.07, 6.45) is 5.61. The Kier molecular flexibility index (Phi) is 5.15. The van der Waals surface area contributed by atoms with Crippen molar-refractivity contribution in [1.82, 2.24) is 19.1 Å². The normalized spacial score (nSPS) is 13.9. The van der Waals surface area contributed by atoms with Gasteiger partial charge in [-0.3, -0.25) is 9.55 Å². The molecule has 0 amide bonds. The van der Waals surface area contributed by atoms with Crippen molar-refractivity contribution in [3.05, 3.63) is 80.1 Å². The third-order valence-corrected chi connectivity index (χ3v) is 5.01. The topological polar surface area (TPSA) is 81.8 Å². The number of hydrogen-bond acceptors (Lipinski definition) is 5. The maximum absolute atomic E-state index is 13.7. The van der Waals surface area contributed by atoms with E-state index in [0.717, 1.165) is 46.1 Å². The van der Waals surface area contributed by atoms with Gasteiger partial charge in [0, 0.05) is 12.2 Å². The Hall–Kier alpha value is -3.43. The number of benzene rings is 1. The zero-order chi connectivity index (χ0) is 21.4. The monoisotopic (exact) mass is 417 g/mol. The van der Waals surface area contributed by atoms with Crippen LogP contribution in [0.5, 0.6) is 0 Å². The average Bonchev–Trinajstić information content (AvgIpc) is 2.65. The summed E-state index contributed by atoms with van der Waals surface area (Å²) in [5.74, 6) is -4.32. The Morgan fingerprint density at radius 3 is 2.40 bits per heavy atom. The van der Waals surface area contributed by atoms with Gasteiger partial charge < -0.3 is 5.32 Å². The van der Waals surface area contributed by atoms with Crippen LogP contribution < -0.4 is 16.7 Å². The van der Waals surface area contributed by atoms with Gasteiger partial charge in [-0.05, 0) is 55.5 Å². The first-order chi connectivity index (χ1) is 14.3. The summed E-state index contributed by atoms with van der Waals surface area (Å²) in [6.45, 7) is 1.44. The molecule has 30 heavy (non-hydrogen) atoms. The maximum Gasteiger partial charge on any atom is 0.359 e. The molecule has 1 aliphatic rings. The van der Waals surface area contributed by atoms with Crippen molar-refractivity contribution >= 4 is 5.95 Å². The van der Waals surface area contributed by atoms with E-state index in [0.29, 0.717) is 0 Å². The van der Waals surface area contributed by atoms with E-state index < -0.39 is 28.8 Å². The van der Waals surface area contributed by atoms with Gasteiger partial charge in [0.25, 0.3) is 0 Å². The SMILES string of the molecule is Cc1cncc(-n2c(=O)nc(NC3CCC3)n(Cc3cc(F)c(F)c(F)c3)c2=O)c1. The number of pyridine rings is 1. The zero-order valence-electron chi connectivity index (χ0n) is 16.0. The van der Waals surface area contributed by atoms with Gasteiger partial charge >= 0.3 is 11.4 Å². The predicted octanol–water partition coefficient (Wildman–Crippen LogP) is 2.53. The minimum atomic E-state index is -1.59. The molecule has 0 unspecified atom stereocenters. The fourth-order valence-electron chi connectivity index (χ4n) is 3.25. The molecule has 0 radical (unpaired) electrons. The molecule has 1 aromatic carbocycles.